The van der Waals surface area contributed by atoms with Crippen molar-refractivity contribution in [2.45, 2.75) is 52.0 Å². The first-order chi connectivity index (χ1) is 8.80. The third-order valence-electron chi connectivity index (χ3n) is 2.65. The van der Waals surface area contributed by atoms with Gasteiger partial charge in [0.1, 0.15) is 0 Å². The quantitative estimate of drug-likeness (QED) is 0.379. The highest BCUT2D eigenvalue weighted by molar-refractivity contribution is 7.80. The summed E-state index contributed by atoms with van der Waals surface area (Å²) in [5, 5.41) is 0. The van der Waals surface area contributed by atoms with Crippen molar-refractivity contribution in [2.24, 2.45) is 0 Å². The van der Waals surface area contributed by atoms with E-state index in [1.807, 2.05) is 0 Å². The average molecular weight is 361 g/mol. The Morgan fingerprint density at radius 3 is 1.60 bits per heavy atom. The Bertz CT molecular complexity index is 196. The minimum absolute atomic E-state index is 0. The molecule has 20 heavy (non-hydrogen) atoms. The molecule has 0 heterocycles. The Balaban J connectivity index is -0.000000131. The molecule has 0 saturated heterocycles. The summed E-state index contributed by atoms with van der Waals surface area (Å²) in [6.45, 7) is 7.16. The molecule has 0 aliphatic rings. The van der Waals surface area contributed by atoms with E-state index in [0.717, 1.165) is 24.0 Å². The van der Waals surface area contributed by atoms with Gasteiger partial charge in [-0.2, -0.15) is 18.4 Å². The zero-order valence-electron chi connectivity index (χ0n) is 14.3. The molecule has 0 bridgehead atoms. The number of hydrogen-bond donors (Lipinski definition) is 1. The molecule has 0 saturated carbocycles. The van der Waals surface area contributed by atoms with Gasteiger partial charge < -0.3 is 25.9 Å². The fourth-order valence-corrected chi connectivity index (χ4v) is 5.27. The highest BCUT2D eigenvalue weighted by atomic mass is 32.1. The molecule has 7 heteroatoms. The van der Waals surface area contributed by atoms with Crippen molar-refractivity contribution < 1.29 is 14.7 Å². The van der Waals surface area contributed by atoms with Crippen molar-refractivity contribution in [3.8, 4) is 0 Å². The van der Waals surface area contributed by atoms with Gasteiger partial charge in [-0.25, -0.2) is 0 Å². The van der Waals surface area contributed by atoms with Crippen molar-refractivity contribution in [3.05, 3.63) is 0 Å². The summed E-state index contributed by atoms with van der Waals surface area (Å²) in [7, 11) is 1.84. The molecule has 0 amide bonds. The zero-order chi connectivity index (χ0) is 15.4. The maximum atomic E-state index is 5.20. The van der Waals surface area contributed by atoms with Crippen molar-refractivity contribution in [1.82, 2.24) is 0 Å². The molecule has 0 aliphatic heterocycles. The molecule has 126 valence electrons. The smallest absolute Gasteiger partial charge is 0.793 e. The monoisotopic (exact) mass is 360 g/mol. The molecule has 0 spiro atoms. The van der Waals surface area contributed by atoms with Gasteiger partial charge >= 0.3 is 10.2 Å². The van der Waals surface area contributed by atoms with Crippen LogP contribution in [0.15, 0.2) is 0 Å². The summed E-state index contributed by atoms with van der Waals surface area (Å²) in [6.07, 6.45) is 2.22. The van der Waals surface area contributed by atoms with Crippen LogP contribution in [0, 0.1) is 0 Å². The molecule has 0 atom stereocenters. The Morgan fingerprint density at radius 2 is 1.40 bits per heavy atom. The molecule has 0 fully saturated rings. The molecule has 0 aromatic heterocycles. The first-order valence-corrected chi connectivity index (χ1v) is 13.5. The van der Waals surface area contributed by atoms with Crippen LogP contribution in [-0.2, 0) is 25.9 Å². The van der Waals surface area contributed by atoms with E-state index in [1.54, 1.807) is 21.3 Å². The lowest BCUT2D eigenvalue weighted by molar-refractivity contribution is 0.123. The Morgan fingerprint density at radius 1 is 0.950 bits per heavy atom. The van der Waals surface area contributed by atoms with E-state index in [2.05, 4.69) is 32.3 Å². The lowest BCUT2D eigenvalue weighted by atomic mass is 10.6. The lowest BCUT2D eigenvalue weighted by Gasteiger charge is -2.23. The zero-order valence-corrected chi connectivity index (χ0v) is 17.0. The van der Waals surface area contributed by atoms with Crippen LogP contribution in [0.5, 0.6) is 0 Å². The third-order valence-corrected chi connectivity index (χ3v) is 7.94. The molecule has 0 aromatic carbocycles. The van der Waals surface area contributed by atoms with Crippen molar-refractivity contribution in [1.29, 1.82) is 0 Å². The van der Waals surface area contributed by atoms with Crippen molar-refractivity contribution in [3.63, 3.8) is 0 Å². The van der Waals surface area contributed by atoms with E-state index in [4.69, 9.17) is 25.9 Å². The Kier molecular flexibility index (Phi) is 19.4. The average Bonchev–Trinajstić information content (AvgIpc) is 2.39. The van der Waals surface area contributed by atoms with Gasteiger partial charge in [0.25, 0.3) is 0 Å². The minimum atomic E-state index is -2.29. The normalized spacial score (nSPS) is 11.4. The second-order valence-corrected chi connectivity index (χ2v) is 15.1. The van der Waals surface area contributed by atoms with E-state index in [-0.39, 0.29) is 8.85 Å². The minimum Gasteiger partial charge on any atom is -0.793 e. The van der Waals surface area contributed by atoms with Crippen LogP contribution >= 0.6 is 12.6 Å². The maximum absolute atomic E-state index is 5.20. The van der Waals surface area contributed by atoms with Gasteiger partial charge in [-0.1, -0.05) is 39.5 Å². The van der Waals surface area contributed by atoms with Gasteiger partial charge in [0.15, 0.2) is 0 Å². The first kappa shape index (κ1) is 25.9. The fourth-order valence-electron chi connectivity index (χ4n) is 1.45. The highest BCUT2D eigenvalue weighted by Crippen LogP contribution is 2.14. The van der Waals surface area contributed by atoms with Crippen LogP contribution in [0.2, 0.25) is 31.7 Å². The van der Waals surface area contributed by atoms with Crippen molar-refractivity contribution in [2.75, 3.05) is 32.8 Å². The molecule has 0 unspecified atom stereocenters. The van der Waals surface area contributed by atoms with E-state index < -0.39 is 16.9 Å². The first-order valence-electron chi connectivity index (χ1n) is 6.65. The summed E-state index contributed by atoms with van der Waals surface area (Å²) < 4.78 is 15.6. The van der Waals surface area contributed by atoms with Gasteiger partial charge in [-0.3, -0.25) is 0 Å². The van der Waals surface area contributed by atoms with Crippen molar-refractivity contribution >= 4 is 42.1 Å². The Hall–Kier alpha value is 1.01. The molecule has 0 N–H and O–H groups in total. The molecule has 0 radical (unpaired) electrons. The Labute approximate surface area is 141 Å². The van der Waals surface area contributed by atoms with Crippen LogP contribution in [0.1, 0.15) is 21.7 Å². The predicted octanol–water partition coefficient (Wildman–Crippen LogP) is 4.19. The van der Waals surface area contributed by atoms with E-state index in [0.29, 0.717) is 0 Å². The van der Waals surface area contributed by atoms with Crippen LogP contribution < -0.4 is 0 Å². The molecule has 3 nitrogen and oxygen atoms in total. The number of hydrogen-bond acceptors (Lipinski definition) is 5. The second-order valence-electron chi connectivity index (χ2n) is 5.49. The second kappa shape index (κ2) is 14.9. The van der Waals surface area contributed by atoms with E-state index in [1.165, 1.54) is 12.5 Å². The van der Waals surface area contributed by atoms with Crippen LogP contribution in [-0.4, -0.2) is 49.7 Å². The SMILES string of the molecule is C.CO[Si](CCCS)(OC)OC.C[Si](C)(C)CCC[S-].[H+]. The molecular weight excluding hydrogens is 324 g/mol. The third kappa shape index (κ3) is 15.4. The topological polar surface area (TPSA) is 27.7 Å². The summed E-state index contributed by atoms with van der Waals surface area (Å²) in [4.78, 5) is 0. The number of thiol groups is 1. The molecule has 0 rings (SSSR count). The van der Waals surface area contributed by atoms with Gasteiger partial charge in [-0.05, 0) is 12.2 Å². The summed E-state index contributed by atoms with van der Waals surface area (Å²) >= 11 is 8.95. The summed E-state index contributed by atoms with van der Waals surface area (Å²) in [5.74, 6) is 1.79. The van der Waals surface area contributed by atoms with E-state index in [9.17, 15) is 0 Å². The summed E-state index contributed by atoms with van der Waals surface area (Å²) in [6, 6.07) is 2.23. The van der Waals surface area contributed by atoms with E-state index >= 15 is 0 Å². The summed E-state index contributed by atoms with van der Waals surface area (Å²) in [5.41, 5.74) is 0. The lowest BCUT2D eigenvalue weighted by Crippen LogP contribution is -2.42. The highest BCUT2D eigenvalue weighted by Gasteiger charge is 2.36. The van der Waals surface area contributed by atoms with Crippen LogP contribution in [0.25, 0.3) is 0 Å². The number of rotatable bonds is 9. The van der Waals surface area contributed by atoms with Crippen LogP contribution in [0.4, 0.5) is 0 Å². The van der Waals surface area contributed by atoms with Gasteiger partial charge in [0.05, 0.1) is 0 Å². The predicted molar refractivity (Wildman–Crippen MR) is 103 cm³/mol. The largest absolute Gasteiger partial charge is 1.00 e. The van der Waals surface area contributed by atoms with Gasteiger partial charge in [0, 0.05) is 35.4 Å². The fraction of sp³-hybridized carbons (Fsp3) is 1.00. The molecule has 0 aromatic rings. The maximum Gasteiger partial charge on any atom is 1.00 e. The van der Waals surface area contributed by atoms with Gasteiger partial charge in [-0.15, -0.1) is 0 Å². The molecule has 0 aliphatic carbocycles. The van der Waals surface area contributed by atoms with Gasteiger partial charge in [0.2, 0.25) is 0 Å². The van der Waals surface area contributed by atoms with Crippen LogP contribution in [0.3, 0.4) is 0 Å². The standard InChI is InChI=1S/C6H16O3SSi.C6H16SSi.CH4/c1-7-11(8-2,9-3)6-4-5-10;1-8(2,3)6-4-5-7;/h10H,4-6H2,1-3H3;7H,4-6H2,1-3H3;1H4. The molecular formula is C13H36O3S2Si2.